The van der Waals surface area contributed by atoms with E-state index in [1.807, 2.05) is 13.8 Å². The molecule has 32 heavy (non-hydrogen) atoms. The first-order chi connectivity index (χ1) is 15.1. The van der Waals surface area contributed by atoms with E-state index in [-0.39, 0.29) is 5.56 Å². The SMILES string of the molecule is CCCc1ccc(C2=CC=C(/C(F)=C(\F)C3CCC(CCC)CC3)C(F)(F)C2(F)F)cc1. The summed E-state index contributed by atoms with van der Waals surface area (Å²) in [5.41, 5.74) is -1.64. The first kappa shape index (κ1) is 24.7. The Morgan fingerprint density at radius 2 is 1.47 bits per heavy atom. The Morgan fingerprint density at radius 1 is 0.844 bits per heavy atom. The maximum absolute atomic E-state index is 14.9. The van der Waals surface area contributed by atoms with Crippen LogP contribution in [-0.4, -0.2) is 11.8 Å². The molecule has 0 heterocycles. The van der Waals surface area contributed by atoms with Crippen LogP contribution in [0.5, 0.6) is 0 Å². The van der Waals surface area contributed by atoms with E-state index < -0.39 is 40.6 Å². The second-order valence-corrected chi connectivity index (χ2v) is 8.92. The molecule has 2 aliphatic rings. The number of aryl methyl sites for hydroxylation is 1. The second-order valence-electron chi connectivity index (χ2n) is 8.92. The van der Waals surface area contributed by atoms with Crippen molar-refractivity contribution in [1.82, 2.24) is 0 Å². The van der Waals surface area contributed by atoms with Crippen LogP contribution in [0, 0.1) is 11.8 Å². The van der Waals surface area contributed by atoms with Crippen LogP contribution >= 0.6 is 0 Å². The molecule has 0 atom stereocenters. The maximum atomic E-state index is 14.9. The van der Waals surface area contributed by atoms with Crippen LogP contribution < -0.4 is 0 Å². The van der Waals surface area contributed by atoms with E-state index in [1.54, 1.807) is 12.1 Å². The fraction of sp³-hybridized carbons (Fsp3) is 0.538. The van der Waals surface area contributed by atoms with Crippen LogP contribution in [0.25, 0.3) is 5.57 Å². The monoisotopic (exact) mass is 456 g/mol. The molecule has 2 aliphatic carbocycles. The third kappa shape index (κ3) is 4.69. The molecule has 0 spiro atoms. The largest absolute Gasteiger partial charge is 0.342 e. The molecule has 1 aromatic carbocycles. The highest BCUT2D eigenvalue weighted by Crippen LogP contribution is 2.53. The molecule has 0 bridgehead atoms. The molecule has 0 aromatic heterocycles. The highest BCUT2D eigenvalue weighted by molar-refractivity contribution is 5.77. The lowest BCUT2D eigenvalue weighted by atomic mass is 9.78. The quantitative estimate of drug-likeness (QED) is 0.359. The van der Waals surface area contributed by atoms with Gasteiger partial charge in [-0.2, -0.15) is 17.6 Å². The molecular formula is C26H30F6. The van der Waals surface area contributed by atoms with E-state index in [1.165, 1.54) is 12.1 Å². The van der Waals surface area contributed by atoms with Crippen LogP contribution in [0.1, 0.15) is 69.9 Å². The number of allylic oxidation sites excluding steroid dienone is 6. The summed E-state index contributed by atoms with van der Waals surface area (Å²) < 4.78 is 89.0. The molecule has 1 saturated carbocycles. The third-order valence-electron chi connectivity index (χ3n) is 6.64. The summed E-state index contributed by atoms with van der Waals surface area (Å²) in [6.45, 7) is 4.02. The summed E-state index contributed by atoms with van der Waals surface area (Å²) in [6, 6.07) is 5.95. The van der Waals surface area contributed by atoms with Gasteiger partial charge in [-0.3, -0.25) is 0 Å². The van der Waals surface area contributed by atoms with Crippen molar-refractivity contribution in [2.75, 3.05) is 0 Å². The highest BCUT2D eigenvalue weighted by atomic mass is 19.3. The van der Waals surface area contributed by atoms with Crippen molar-refractivity contribution in [3.05, 3.63) is 64.8 Å². The molecule has 176 valence electrons. The number of hydrogen-bond acceptors (Lipinski definition) is 0. The Labute approximate surface area is 186 Å². The Kier molecular flexibility index (Phi) is 7.61. The van der Waals surface area contributed by atoms with Gasteiger partial charge in [0.05, 0.1) is 5.57 Å². The highest BCUT2D eigenvalue weighted by Gasteiger charge is 2.63. The lowest BCUT2D eigenvalue weighted by Crippen LogP contribution is -2.45. The van der Waals surface area contributed by atoms with Crippen LogP contribution in [0.4, 0.5) is 26.3 Å². The van der Waals surface area contributed by atoms with Gasteiger partial charge in [-0.15, -0.1) is 0 Å². The normalized spacial score (nSPS) is 25.6. The average molecular weight is 457 g/mol. The molecule has 1 fully saturated rings. The van der Waals surface area contributed by atoms with E-state index >= 15 is 0 Å². The fourth-order valence-electron chi connectivity index (χ4n) is 4.76. The van der Waals surface area contributed by atoms with Gasteiger partial charge in [0.2, 0.25) is 0 Å². The van der Waals surface area contributed by atoms with Gasteiger partial charge < -0.3 is 0 Å². The zero-order chi connectivity index (χ0) is 23.5. The molecule has 0 amide bonds. The van der Waals surface area contributed by atoms with Crippen LogP contribution in [0.15, 0.2) is 53.6 Å². The Morgan fingerprint density at radius 3 is 2.03 bits per heavy atom. The molecule has 0 unspecified atom stereocenters. The average Bonchev–Trinajstić information content (AvgIpc) is 2.76. The minimum Gasteiger partial charge on any atom is -0.208 e. The Bertz CT molecular complexity index is 883. The van der Waals surface area contributed by atoms with Crippen molar-refractivity contribution >= 4 is 5.57 Å². The number of alkyl halides is 4. The molecule has 0 nitrogen and oxygen atoms in total. The molecular weight excluding hydrogens is 426 g/mol. The molecule has 0 radical (unpaired) electrons. The lowest BCUT2D eigenvalue weighted by Gasteiger charge is -2.33. The van der Waals surface area contributed by atoms with Gasteiger partial charge in [-0.25, -0.2) is 8.78 Å². The maximum Gasteiger partial charge on any atom is 0.342 e. The van der Waals surface area contributed by atoms with E-state index in [4.69, 9.17) is 0 Å². The minimum atomic E-state index is -4.86. The van der Waals surface area contributed by atoms with Gasteiger partial charge in [0.1, 0.15) is 5.83 Å². The molecule has 1 aromatic rings. The first-order valence-corrected chi connectivity index (χ1v) is 11.5. The van der Waals surface area contributed by atoms with E-state index in [2.05, 4.69) is 0 Å². The molecule has 6 heteroatoms. The van der Waals surface area contributed by atoms with Gasteiger partial charge in [0.25, 0.3) is 0 Å². The fourth-order valence-corrected chi connectivity index (χ4v) is 4.76. The first-order valence-electron chi connectivity index (χ1n) is 11.5. The van der Waals surface area contributed by atoms with Crippen LogP contribution in [-0.2, 0) is 6.42 Å². The van der Waals surface area contributed by atoms with Crippen molar-refractivity contribution in [3.63, 3.8) is 0 Å². The number of halogens is 6. The van der Waals surface area contributed by atoms with Crippen LogP contribution in [0.3, 0.4) is 0 Å². The molecule has 3 rings (SSSR count). The zero-order valence-corrected chi connectivity index (χ0v) is 18.5. The summed E-state index contributed by atoms with van der Waals surface area (Å²) in [7, 11) is 0. The third-order valence-corrected chi connectivity index (χ3v) is 6.64. The van der Waals surface area contributed by atoms with Crippen LogP contribution in [0.2, 0.25) is 0 Å². The predicted octanol–water partition coefficient (Wildman–Crippen LogP) is 8.99. The Hall–Kier alpha value is -1.98. The van der Waals surface area contributed by atoms with E-state index in [0.29, 0.717) is 37.7 Å². The lowest BCUT2D eigenvalue weighted by molar-refractivity contribution is -0.148. The predicted molar refractivity (Wildman–Crippen MR) is 116 cm³/mol. The minimum absolute atomic E-state index is 0.0658. The molecule has 0 N–H and O–H groups in total. The smallest absolute Gasteiger partial charge is 0.208 e. The van der Waals surface area contributed by atoms with E-state index in [0.717, 1.165) is 37.3 Å². The van der Waals surface area contributed by atoms with Crippen molar-refractivity contribution in [3.8, 4) is 0 Å². The summed E-state index contributed by atoms with van der Waals surface area (Å²) in [4.78, 5) is 0. The molecule has 0 saturated heterocycles. The standard InChI is InChI=1S/C26H30F6/c1-3-5-17-7-11-19(12-8-17)21-15-16-22(26(31,32)25(21,29)30)24(28)23(27)20-13-9-18(6-4-2)10-14-20/h7-8,11-12,15-16,18,20H,3-6,9-10,13-14H2,1-2H3/b24-23+. The number of benzene rings is 1. The second kappa shape index (κ2) is 9.88. The van der Waals surface area contributed by atoms with Crippen molar-refractivity contribution in [1.29, 1.82) is 0 Å². The van der Waals surface area contributed by atoms with Gasteiger partial charge in [-0.1, -0.05) is 63.5 Å². The summed E-state index contributed by atoms with van der Waals surface area (Å²) in [5, 5.41) is 0. The summed E-state index contributed by atoms with van der Waals surface area (Å²) in [5.74, 6) is -13.1. The van der Waals surface area contributed by atoms with Gasteiger partial charge in [0, 0.05) is 11.5 Å². The molecule has 0 aliphatic heterocycles. The number of hydrogen-bond donors (Lipinski definition) is 0. The topological polar surface area (TPSA) is 0 Å². The van der Waals surface area contributed by atoms with Gasteiger partial charge in [0.15, 0.2) is 5.83 Å². The summed E-state index contributed by atoms with van der Waals surface area (Å²) >= 11 is 0. The Balaban J connectivity index is 1.90. The van der Waals surface area contributed by atoms with Gasteiger partial charge >= 0.3 is 11.8 Å². The van der Waals surface area contributed by atoms with Crippen molar-refractivity contribution in [2.45, 2.75) is 77.1 Å². The number of rotatable bonds is 7. The van der Waals surface area contributed by atoms with Gasteiger partial charge in [-0.05, 0) is 55.2 Å². The van der Waals surface area contributed by atoms with Crippen molar-refractivity contribution < 1.29 is 26.3 Å². The van der Waals surface area contributed by atoms with Crippen molar-refractivity contribution in [2.24, 2.45) is 11.8 Å². The van der Waals surface area contributed by atoms with E-state index in [9.17, 15) is 26.3 Å². The zero-order valence-electron chi connectivity index (χ0n) is 18.5. The summed E-state index contributed by atoms with van der Waals surface area (Å²) in [6.07, 6.45) is 7.01.